The molecular weight excluding hydrogens is 226 g/mol. The van der Waals surface area contributed by atoms with E-state index in [1.807, 2.05) is 12.1 Å². The highest BCUT2D eigenvalue weighted by Gasteiger charge is 2.40. The number of benzene rings is 1. The van der Waals surface area contributed by atoms with Crippen molar-refractivity contribution >= 4 is 5.69 Å². The van der Waals surface area contributed by atoms with Gasteiger partial charge in [-0.05, 0) is 38.8 Å². The van der Waals surface area contributed by atoms with Gasteiger partial charge in [-0.2, -0.15) is 0 Å². The van der Waals surface area contributed by atoms with Crippen molar-refractivity contribution in [3.8, 4) is 0 Å². The lowest BCUT2D eigenvalue weighted by molar-refractivity contribution is -0.0838. The minimum Gasteiger partial charge on any atom is -0.394 e. The van der Waals surface area contributed by atoms with E-state index in [-0.39, 0.29) is 17.7 Å². The standard InChI is InChI=1S/C15H23NO2/c1-12-6-4-5-7-13(12)16-15(11-17)8-9-18-14(2,3)10-15/h4-7,16-17H,8-11H2,1-3H3. The zero-order chi connectivity index (χ0) is 13.2. The predicted octanol–water partition coefficient (Wildman–Crippen LogP) is 2.73. The van der Waals surface area contributed by atoms with E-state index in [9.17, 15) is 5.11 Å². The number of hydrogen-bond acceptors (Lipinski definition) is 3. The van der Waals surface area contributed by atoms with E-state index in [0.717, 1.165) is 18.5 Å². The van der Waals surface area contributed by atoms with E-state index >= 15 is 0 Å². The van der Waals surface area contributed by atoms with Gasteiger partial charge in [0.15, 0.2) is 0 Å². The summed E-state index contributed by atoms with van der Waals surface area (Å²) in [5.74, 6) is 0. The molecule has 18 heavy (non-hydrogen) atoms. The number of hydrogen-bond donors (Lipinski definition) is 2. The Hall–Kier alpha value is -1.06. The van der Waals surface area contributed by atoms with E-state index in [4.69, 9.17) is 4.74 Å². The number of anilines is 1. The Morgan fingerprint density at radius 3 is 2.67 bits per heavy atom. The second kappa shape index (κ2) is 4.90. The van der Waals surface area contributed by atoms with Crippen LogP contribution in [0.15, 0.2) is 24.3 Å². The fraction of sp³-hybridized carbons (Fsp3) is 0.600. The number of aliphatic hydroxyl groups is 1. The molecule has 0 saturated carbocycles. The van der Waals surface area contributed by atoms with Gasteiger partial charge in [0, 0.05) is 18.7 Å². The maximum Gasteiger partial charge on any atom is 0.0663 e. The average Bonchev–Trinajstić information content (AvgIpc) is 2.31. The molecule has 0 aromatic heterocycles. The first-order valence-corrected chi connectivity index (χ1v) is 6.55. The van der Waals surface area contributed by atoms with Crippen molar-refractivity contribution in [1.82, 2.24) is 0 Å². The monoisotopic (exact) mass is 249 g/mol. The van der Waals surface area contributed by atoms with Gasteiger partial charge in [-0.25, -0.2) is 0 Å². The molecule has 1 aromatic rings. The van der Waals surface area contributed by atoms with Crippen LogP contribution in [0.3, 0.4) is 0 Å². The smallest absolute Gasteiger partial charge is 0.0663 e. The molecule has 1 fully saturated rings. The van der Waals surface area contributed by atoms with Crippen LogP contribution >= 0.6 is 0 Å². The fourth-order valence-electron chi connectivity index (χ4n) is 2.76. The van der Waals surface area contributed by atoms with Crippen LogP contribution in [0, 0.1) is 6.92 Å². The minimum absolute atomic E-state index is 0.133. The molecule has 1 aliphatic rings. The van der Waals surface area contributed by atoms with Crippen LogP contribution < -0.4 is 5.32 Å². The molecule has 0 bridgehead atoms. The molecule has 0 amide bonds. The van der Waals surface area contributed by atoms with Gasteiger partial charge >= 0.3 is 0 Å². The van der Waals surface area contributed by atoms with Crippen molar-refractivity contribution < 1.29 is 9.84 Å². The summed E-state index contributed by atoms with van der Waals surface area (Å²) >= 11 is 0. The summed E-state index contributed by atoms with van der Waals surface area (Å²) < 4.78 is 5.74. The van der Waals surface area contributed by atoms with Crippen molar-refractivity contribution in [3.63, 3.8) is 0 Å². The molecule has 1 heterocycles. The predicted molar refractivity (Wildman–Crippen MR) is 73.9 cm³/mol. The Balaban J connectivity index is 2.21. The van der Waals surface area contributed by atoms with Crippen LogP contribution in [0.4, 0.5) is 5.69 Å². The maximum absolute atomic E-state index is 9.81. The van der Waals surface area contributed by atoms with Gasteiger partial charge in [-0.1, -0.05) is 18.2 Å². The van der Waals surface area contributed by atoms with E-state index < -0.39 is 0 Å². The number of nitrogens with one attached hydrogen (secondary N) is 1. The highest BCUT2D eigenvalue weighted by Crippen LogP contribution is 2.35. The molecule has 1 saturated heterocycles. The average molecular weight is 249 g/mol. The van der Waals surface area contributed by atoms with Gasteiger partial charge in [0.05, 0.1) is 17.7 Å². The third kappa shape index (κ3) is 2.85. The highest BCUT2D eigenvalue weighted by molar-refractivity contribution is 5.52. The van der Waals surface area contributed by atoms with Crippen molar-refractivity contribution in [2.75, 3.05) is 18.5 Å². The number of aliphatic hydroxyl groups excluding tert-OH is 1. The van der Waals surface area contributed by atoms with Crippen LogP contribution in [0.2, 0.25) is 0 Å². The lowest BCUT2D eigenvalue weighted by Crippen LogP contribution is -2.53. The first kappa shape index (κ1) is 13.4. The minimum atomic E-state index is -0.270. The molecule has 0 spiro atoms. The Labute approximate surface area is 109 Å². The van der Waals surface area contributed by atoms with Gasteiger partial charge in [0.1, 0.15) is 0 Å². The van der Waals surface area contributed by atoms with Gasteiger partial charge in [-0.15, -0.1) is 0 Å². The Morgan fingerprint density at radius 1 is 1.33 bits per heavy atom. The van der Waals surface area contributed by atoms with Crippen LogP contribution in [-0.2, 0) is 4.74 Å². The molecule has 1 atom stereocenters. The summed E-state index contributed by atoms with van der Waals surface area (Å²) in [7, 11) is 0. The van der Waals surface area contributed by atoms with Gasteiger partial charge in [0.2, 0.25) is 0 Å². The van der Waals surface area contributed by atoms with E-state index in [0.29, 0.717) is 6.61 Å². The molecule has 1 unspecified atom stereocenters. The third-order valence-electron chi connectivity index (χ3n) is 3.69. The molecule has 3 heteroatoms. The molecular formula is C15H23NO2. The fourth-order valence-corrected chi connectivity index (χ4v) is 2.76. The lowest BCUT2D eigenvalue weighted by Gasteiger charge is -2.45. The molecule has 2 rings (SSSR count). The second-order valence-corrected chi connectivity index (χ2v) is 5.91. The summed E-state index contributed by atoms with van der Waals surface area (Å²) in [5, 5.41) is 13.3. The third-order valence-corrected chi connectivity index (χ3v) is 3.69. The molecule has 3 nitrogen and oxygen atoms in total. The van der Waals surface area contributed by atoms with Gasteiger partial charge in [0.25, 0.3) is 0 Å². The van der Waals surface area contributed by atoms with Gasteiger partial charge in [-0.3, -0.25) is 0 Å². The molecule has 0 aliphatic carbocycles. The summed E-state index contributed by atoms with van der Waals surface area (Å²) in [4.78, 5) is 0. The van der Waals surface area contributed by atoms with E-state index in [1.54, 1.807) is 0 Å². The SMILES string of the molecule is Cc1ccccc1NC1(CO)CCOC(C)(C)C1. The molecule has 1 aromatic carbocycles. The zero-order valence-electron chi connectivity index (χ0n) is 11.5. The Kier molecular flexibility index (Phi) is 3.64. The first-order valence-electron chi connectivity index (χ1n) is 6.55. The van der Waals surface area contributed by atoms with Gasteiger partial charge < -0.3 is 15.2 Å². The van der Waals surface area contributed by atoms with E-state index in [2.05, 4.69) is 38.2 Å². The van der Waals surface area contributed by atoms with Crippen molar-refractivity contribution in [3.05, 3.63) is 29.8 Å². The second-order valence-electron chi connectivity index (χ2n) is 5.91. The van der Waals surface area contributed by atoms with Crippen molar-refractivity contribution in [2.45, 2.75) is 44.8 Å². The lowest BCUT2D eigenvalue weighted by atomic mass is 9.81. The number of aryl methyl sites for hydroxylation is 1. The molecule has 2 N–H and O–H groups in total. The summed E-state index contributed by atoms with van der Waals surface area (Å²) in [6.45, 7) is 7.06. The summed E-state index contributed by atoms with van der Waals surface area (Å²) in [5.41, 5.74) is 1.85. The maximum atomic E-state index is 9.81. The Morgan fingerprint density at radius 2 is 2.06 bits per heavy atom. The highest BCUT2D eigenvalue weighted by atomic mass is 16.5. The topological polar surface area (TPSA) is 41.5 Å². The normalized spacial score (nSPS) is 26.9. The van der Waals surface area contributed by atoms with E-state index in [1.165, 1.54) is 5.56 Å². The van der Waals surface area contributed by atoms with Crippen molar-refractivity contribution in [1.29, 1.82) is 0 Å². The molecule has 0 radical (unpaired) electrons. The number of ether oxygens (including phenoxy) is 1. The van der Waals surface area contributed by atoms with Crippen molar-refractivity contribution in [2.24, 2.45) is 0 Å². The summed E-state index contributed by atoms with van der Waals surface area (Å²) in [6, 6.07) is 8.19. The van der Waals surface area contributed by atoms with Crippen LogP contribution in [-0.4, -0.2) is 29.5 Å². The van der Waals surface area contributed by atoms with Crippen LogP contribution in [0.1, 0.15) is 32.3 Å². The Bertz CT molecular complexity index is 417. The largest absolute Gasteiger partial charge is 0.394 e. The van der Waals surface area contributed by atoms with Crippen LogP contribution in [0.25, 0.3) is 0 Å². The molecule has 100 valence electrons. The first-order chi connectivity index (χ1) is 8.46. The number of rotatable bonds is 3. The summed E-state index contributed by atoms with van der Waals surface area (Å²) in [6.07, 6.45) is 1.64. The van der Waals surface area contributed by atoms with Crippen LogP contribution in [0.5, 0.6) is 0 Å². The molecule has 1 aliphatic heterocycles. The quantitative estimate of drug-likeness (QED) is 0.865. The number of para-hydroxylation sites is 1. The zero-order valence-corrected chi connectivity index (χ0v) is 11.5.